The summed E-state index contributed by atoms with van der Waals surface area (Å²) >= 11 is 0. The van der Waals surface area contributed by atoms with E-state index in [1.165, 1.54) is 25.3 Å². The van der Waals surface area contributed by atoms with Gasteiger partial charge in [-0.15, -0.1) is 0 Å². The Bertz CT molecular complexity index is 1370. The Kier molecular flexibility index (Phi) is 6.64. The highest BCUT2D eigenvalue weighted by Crippen LogP contribution is 2.31. The van der Waals surface area contributed by atoms with Gasteiger partial charge in [0.05, 0.1) is 12.8 Å². The Morgan fingerprint density at radius 1 is 0.971 bits per heavy atom. The van der Waals surface area contributed by atoms with Gasteiger partial charge in [0, 0.05) is 0 Å². The summed E-state index contributed by atoms with van der Waals surface area (Å²) in [5.74, 6) is -1.10. The molecule has 178 valence electrons. The number of halogens is 1. The second kappa shape index (κ2) is 9.80. The van der Waals surface area contributed by atoms with Gasteiger partial charge in [-0.3, -0.25) is 14.9 Å². The molecule has 0 unspecified atom stereocenters. The predicted octanol–water partition coefficient (Wildman–Crippen LogP) is 4.70. The molecule has 0 aromatic heterocycles. The van der Waals surface area contributed by atoms with Crippen LogP contribution in [0.1, 0.15) is 22.3 Å². The van der Waals surface area contributed by atoms with Crippen LogP contribution in [0.5, 0.6) is 11.5 Å². The molecule has 4 rings (SSSR count). The number of aryl methyl sites for hydroxylation is 1. The van der Waals surface area contributed by atoms with Gasteiger partial charge >= 0.3 is 6.03 Å². The van der Waals surface area contributed by atoms with E-state index in [1.54, 1.807) is 49.4 Å². The van der Waals surface area contributed by atoms with Gasteiger partial charge in [0.15, 0.2) is 11.5 Å². The highest BCUT2D eigenvalue weighted by Gasteiger charge is 2.37. The normalized spacial score (nSPS) is 14.8. The maximum atomic E-state index is 13.4. The number of nitrogens with zero attached hydrogens (tertiary/aromatic N) is 1. The Morgan fingerprint density at radius 2 is 1.74 bits per heavy atom. The van der Waals surface area contributed by atoms with Crippen molar-refractivity contribution in [3.05, 3.63) is 94.3 Å². The number of carbonyl (C=O) groups excluding carboxylic acids is 3. The summed E-state index contributed by atoms with van der Waals surface area (Å²) in [7, 11) is 1.46. The van der Waals surface area contributed by atoms with Crippen LogP contribution in [-0.2, 0) is 16.2 Å². The Balaban J connectivity index is 1.62. The standard InChI is InChI=1S/C27H23FN2O5/c1-16-6-4-9-22(17(16)2)30-26(32)21(25(31)29-27(30)33)13-18-10-11-23(24(14-18)34-3)35-15-19-7-5-8-20(28)12-19/h4-14H,15H2,1-3H3,(H,29,31,33)/b21-13+. The summed E-state index contributed by atoms with van der Waals surface area (Å²) in [6.07, 6.45) is 1.39. The van der Waals surface area contributed by atoms with Gasteiger partial charge in [0.1, 0.15) is 18.0 Å². The van der Waals surface area contributed by atoms with Gasteiger partial charge in [0.2, 0.25) is 0 Å². The minimum Gasteiger partial charge on any atom is -0.493 e. The van der Waals surface area contributed by atoms with Gasteiger partial charge in [-0.25, -0.2) is 14.1 Å². The number of benzene rings is 3. The van der Waals surface area contributed by atoms with Crippen LogP contribution >= 0.6 is 0 Å². The van der Waals surface area contributed by atoms with Gasteiger partial charge < -0.3 is 9.47 Å². The van der Waals surface area contributed by atoms with Crippen molar-refractivity contribution < 1.29 is 28.2 Å². The molecule has 1 aliphatic rings. The van der Waals surface area contributed by atoms with Crippen molar-refractivity contribution in [2.75, 3.05) is 12.0 Å². The second-order valence-electron chi connectivity index (χ2n) is 8.01. The van der Waals surface area contributed by atoms with Gasteiger partial charge in [0.25, 0.3) is 11.8 Å². The smallest absolute Gasteiger partial charge is 0.335 e. The van der Waals surface area contributed by atoms with E-state index in [0.29, 0.717) is 28.3 Å². The lowest BCUT2D eigenvalue weighted by Crippen LogP contribution is -2.54. The van der Waals surface area contributed by atoms with Gasteiger partial charge in [-0.05, 0) is 72.5 Å². The highest BCUT2D eigenvalue weighted by atomic mass is 19.1. The van der Waals surface area contributed by atoms with Crippen LogP contribution in [0.2, 0.25) is 0 Å². The number of hydrogen-bond donors (Lipinski definition) is 1. The molecule has 0 saturated carbocycles. The van der Waals surface area contributed by atoms with E-state index >= 15 is 0 Å². The lowest BCUT2D eigenvalue weighted by Gasteiger charge is -2.28. The molecule has 0 bridgehead atoms. The number of methoxy groups -OCH3 is 1. The summed E-state index contributed by atoms with van der Waals surface area (Å²) in [6, 6.07) is 15.4. The lowest BCUT2D eigenvalue weighted by atomic mass is 10.0. The van der Waals surface area contributed by atoms with Crippen LogP contribution in [0.4, 0.5) is 14.9 Å². The molecule has 1 heterocycles. The number of barbiturate groups is 1. The van der Waals surface area contributed by atoms with Crippen LogP contribution in [0, 0.1) is 19.7 Å². The molecule has 35 heavy (non-hydrogen) atoms. The van der Waals surface area contributed by atoms with Crippen molar-refractivity contribution in [1.29, 1.82) is 0 Å². The first kappa shape index (κ1) is 23.7. The summed E-state index contributed by atoms with van der Waals surface area (Å²) in [5.41, 5.74) is 3.02. The number of urea groups is 1. The van der Waals surface area contributed by atoms with E-state index in [9.17, 15) is 18.8 Å². The SMILES string of the molecule is COc1cc(/C=C2\C(=O)NC(=O)N(c3cccc(C)c3C)C2=O)ccc1OCc1cccc(F)c1. The van der Waals surface area contributed by atoms with Crippen molar-refractivity contribution in [2.45, 2.75) is 20.5 Å². The molecule has 3 aromatic carbocycles. The van der Waals surface area contributed by atoms with Crippen LogP contribution in [0.3, 0.4) is 0 Å². The number of hydrogen-bond acceptors (Lipinski definition) is 5. The maximum Gasteiger partial charge on any atom is 0.335 e. The van der Waals surface area contributed by atoms with Crippen LogP contribution in [-0.4, -0.2) is 25.0 Å². The molecule has 1 saturated heterocycles. The van der Waals surface area contributed by atoms with Crippen LogP contribution in [0.25, 0.3) is 6.08 Å². The topological polar surface area (TPSA) is 84.9 Å². The average Bonchev–Trinajstić information content (AvgIpc) is 2.83. The van der Waals surface area contributed by atoms with Crippen molar-refractivity contribution in [3.63, 3.8) is 0 Å². The molecule has 1 fully saturated rings. The lowest BCUT2D eigenvalue weighted by molar-refractivity contribution is -0.122. The van der Waals surface area contributed by atoms with E-state index in [4.69, 9.17) is 9.47 Å². The summed E-state index contributed by atoms with van der Waals surface area (Å²) < 4.78 is 24.6. The number of imide groups is 2. The first-order valence-corrected chi connectivity index (χ1v) is 10.8. The predicted molar refractivity (Wildman–Crippen MR) is 129 cm³/mol. The monoisotopic (exact) mass is 474 g/mol. The first-order chi connectivity index (χ1) is 16.8. The number of rotatable bonds is 6. The molecule has 1 N–H and O–H groups in total. The van der Waals surface area contributed by atoms with E-state index in [0.717, 1.165) is 16.0 Å². The van der Waals surface area contributed by atoms with E-state index < -0.39 is 17.8 Å². The molecule has 1 aliphatic heterocycles. The molecule has 4 amide bonds. The third-order valence-electron chi connectivity index (χ3n) is 5.70. The average molecular weight is 474 g/mol. The minimum absolute atomic E-state index is 0.127. The fraction of sp³-hybridized carbons (Fsp3) is 0.148. The molecule has 0 spiro atoms. The maximum absolute atomic E-state index is 13.4. The molecule has 0 aliphatic carbocycles. The number of carbonyl (C=O) groups is 3. The zero-order valence-corrected chi connectivity index (χ0v) is 19.4. The Hall–Kier alpha value is -4.46. The number of amides is 4. The van der Waals surface area contributed by atoms with Crippen molar-refractivity contribution in [1.82, 2.24) is 5.32 Å². The Morgan fingerprint density at radius 3 is 2.49 bits per heavy atom. The van der Waals surface area contributed by atoms with E-state index in [2.05, 4.69) is 5.32 Å². The molecular formula is C27H23FN2O5. The molecule has 3 aromatic rings. The van der Waals surface area contributed by atoms with E-state index in [1.807, 2.05) is 13.0 Å². The van der Waals surface area contributed by atoms with Gasteiger partial charge in [-0.1, -0.05) is 30.3 Å². The van der Waals surface area contributed by atoms with Crippen molar-refractivity contribution in [2.24, 2.45) is 0 Å². The summed E-state index contributed by atoms with van der Waals surface area (Å²) in [4.78, 5) is 39.2. The molecule has 8 heteroatoms. The molecule has 0 radical (unpaired) electrons. The third-order valence-corrected chi connectivity index (χ3v) is 5.70. The second-order valence-corrected chi connectivity index (χ2v) is 8.01. The Labute approximate surface area is 201 Å². The summed E-state index contributed by atoms with van der Waals surface area (Å²) in [6.45, 7) is 3.80. The summed E-state index contributed by atoms with van der Waals surface area (Å²) in [5, 5.41) is 2.23. The fourth-order valence-corrected chi connectivity index (χ4v) is 3.70. The van der Waals surface area contributed by atoms with Gasteiger partial charge in [-0.2, -0.15) is 0 Å². The molecular weight excluding hydrogens is 451 g/mol. The number of nitrogens with one attached hydrogen (secondary N) is 1. The largest absolute Gasteiger partial charge is 0.493 e. The minimum atomic E-state index is -0.801. The van der Waals surface area contributed by atoms with Crippen LogP contribution < -0.4 is 19.7 Å². The van der Waals surface area contributed by atoms with Crippen LogP contribution in [0.15, 0.2) is 66.2 Å². The third kappa shape index (κ3) is 4.91. The van der Waals surface area contributed by atoms with Crippen molar-refractivity contribution in [3.8, 4) is 11.5 Å². The highest BCUT2D eigenvalue weighted by molar-refractivity contribution is 6.39. The quantitative estimate of drug-likeness (QED) is 0.414. The van der Waals surface area contributed by atoms with E-state index in [-0.39, 0.29) is 18.0 Å². The molecule has 7 nitrogen and oxygen atoms in total. The first-order valence-electron chi connectivity index (χ1n) is 10.8. The zero-order valence-electron chi connectivity index (χ0n) is 19.4. The fourth-order valence-electron chi connectivity index (χ4n) is 3.70. The number of anilines is 1. The molecule has 0 atom stereocenters. The van der Waals surface area contributed by atoms with Crippen molar-refractivity contribution >= 4 is 29.6 Å². The number of ether oxygens (including phenoxy) is 2. The zero-order chi connectivity index (χ0) is 25.1.